The maximum absolute atomic E-state index is 14.6. The van der Waals surface area contributed by atoms with Gasteiger partial charge >= 0.3 is 0 Å². The minimum absolute atomic E-state index is 0.0225. The molecule has 0 unspecified atom stereocenters. The third kappa shape index (κ3) is 9.40. The number of nitrogens with one attached hydrogen (secondary N) is 2. The predicted octanol–water partition coefficient (Wildman–Crippen LogP) is 0.854. The van der Waals surface area contributed by atoms with Crippen molar-refractivity contribution in [1.29, 1.82) is 0 Å². The van der Waals surface area contributed by atoms with E-state index < -0.39 is 78.8 Å². The molecule has 5 rings (SSSR count). The SMILES string of the molecule is CS(=O)(=O)c1ccc(C(=O)N[C@H](CC2CCCCC2)C(=O)N2C[C@@H](n3cc(CS(=O)(=O)O)nn3)C[C@H]2C(=O)NC2(C(=O)C(N)=O)CCCCC2)cc1. The predicted molar refractivity (Wildman–Crippen MR) is 185 cm³/mol. The summed E-state index contributed by atoms with van der Waals surface area (Å²) < 4.78 is 57.5. The number of nitrogens with two attached hydrogens (primary N) is 1. The van der Waals surface area contributed by atoms with Crippen LogP contribution in [0.2, 0.25) is 0 Å². The summed E-state index contributed by atoms with van der Waals surface area (Å²) in [5.74, 6) is -4.72. The van der Waals surface area contributed by atoms with Crippen LogP contribution >= 0.6 is 0 Å². The number of likely N-dealkylation sites (tertiary alicyclic amines) is 1. The monoisotopic (exact) mass is 763 g/mol. The van der Waals surface area contributed by atoms with E-state index in [-0.39, 0.29) is 54.3 Å². The fraction of sp³-hybridized carbons (Fsp3) is 0.606. The van der Waals surface area contributed by atoms with Crippen molar-refractivity contribution < 1.29 is 45.4 Å². The Kier molecular flexibility index (Phi) is 11.8. The maximum atomic E-state index is 14.6. The number of nitrogens with zero attached hydrogens (tertiary/aromatic N) is 4. The first-order chi connectivity index (χ1) is 24.5. The Morgan fingerprint density at radius 2 is 1.62 bits per heavy atom. The van der Waals surface area contributed by atoms with E-state index in [0.29, 0.717) is 12.8 Å². The van der Waals surface area contributed by atoms with Crippen LogP contribution in [0.3, 0.4) is 0 Å². The maximum Gasteiger partial charge on any atom is 0.287 e. The summed E-state index contributed by atoms with van der Waals surface area (Å²) in [5, 5.41) is 13.4. The number of hydrogen-bond acceptors (Lipinski definition) is 11. The van der Waals surface area contributed by atoms with Gasteiger partial charge in [-0.05, 0) is 49.4 Å². The van der Waals surface area contributed by atoms with Gasteiger partial charge in [0.1, 0.15) is 29.1 Å². The molecule has 3 atom stereocenters. The fourth-order valence-electron chi connectivity index (χ4n) is 7.63. The van der Waals surface area contributed by atoms with Crippen LogP contribution in [-0.4, -0.2) is 101 Å². The highest BCUT2D eigenvalue weighted by molar-refractivity contribution is 7.90. The zero-order valence-electron chi connectivity index (χ0n) is 28.9. The average Bonchev–Trinajstić information content (AvgIpc) is 3.75. The molecule has 1 aliphatic heterocycles. The van der Waals surface area contributed by atoms with Crippen molar-refractivity contribution >= 4 is 49.4 Å². The number of sulfone groups is 1. The molecule has 4 amide bonds. The van der Waals surface area contributed by atoms with Crippen LogP contribution < -0.4 is 16.4 Å². The fourth-order valence-corrected chi connectivity index (χ4v) is 8.77. The number of carbonyl (C=O) groups is 5. The first kappa shape index (κ1) is 39.0. The largest absolute Gasteiger partial charge is 0.363 e. The summed E-state index contributed by atoms with van der Waals surface area (Å²) >= 11 is 0. The third-order valence-corrected chi connectivity index (χ3v) is 12.1. The molecule has 2 saturated carbocycles. The first-order valence-corrected chi connectivity index (χ1v) is 20.9. The number of primary amides is 1. The van der Waals surface area contributed by atoms with Crippen molar-refractivity contribution in [3.05, 3.63) is 41.7 Å². The Labute approximate surface area is 302 Å². The Morgan fingerprint density at radius 3 is 2.21 bits per heavy atom. The van der Waals surface area contributed by atoms with Gasteiger partial charge in [-0.2, -0.15) is 8.42 Å². The summed E-state index contributed by atoms with van der Waals surface area (Å²) in [4.78, 5) is 68.9. The van der Waals surface area contributed by atoms with E-state index in [1.165, 1.54) is 40.0 Å². The summed E-state index contributed by atoms with van der Waals surface area (Å²) in [5.41, 5.74) is 3.92. The molecular weight excluding hydrogens is 719 g/mol. The van der Waals surface area contributed by atoms with Crippen molar-refractivity contribution in [1.82, 2.24) is 30.5 Å². The Hall–Kier alpha value is -4.23. The molecule has 17 nitrogen and oxygen atoms in total. The van der Waals surface area contributed by atoms with E-state index in [4.69, 9.17) is 5.73 Å². The molecule has 0 spiro atoms. The van der Waals surface area contributed by atoms with Crippen molar-refractivity contribution in [2.75, 3.05) is 12.8 Å². The lowest BCUT2D eigenvalue weighted by Crippen LogP contribution is -2.62. The summed E-state index contributed by atoms with van der Waals surface area (Å²) in [6.07, 6.45) is 9.49. The smallest absolute Gasteiger partial charge is 0.287 e. The van der Waals surface area contributed by atoms with Crippen LogP contribution in [0, 0.1) is 5.92 Å². The minimum Gasteiger partial charge on any atom is -0.363 e. The number of aromatic nitrogens is 3. The van der Waals surface area contributed by atoms with Gasteiger partial charge in [0.15, 0.2) is 9.84 Å². The van der Waals surface area contributed by atoms with E-state index >= 15 is 0 Å². The molecule has 2 aliphatic carbocycles. The van der Waals surface area contributed by atoms with Crippen LogP contribution in [0.5, 0.6) is 0 Å². The van der Waals surface area contributed by atoms with Gasteiger partial charge in [0.05, 0.1) is 10.9 Å². The summed E-state index contributed by atoms with van der Waals surface area (Å²) in [6, 6.07) is 2.31. The van der Waals surface area contributed by atoms with Crippen molar-refractivity contribution in [2.24, 2.45) is 11.7 Å². The molecule has 1 aromatic heterocycles. The molecular formula is C33H45N7O10S2. The Bertz CT molecular complexity index is 1900. The molecule has 0 radical (unpaired) electrons. The standard InChI is InChI=1S/C33H45N7O10S2/c1-51(46,47)25-12-10-22(11-13-25)30(43)35-26(16-21-8-4-2-5-9-21)32(45)39-19-24(40-18-23(37-38-40)20-52(48,49)50)17-27(39)31(44)36-33(28(41)29(34)42)14-6-3-7-15-33/h10-13,18,21,24,26-27H,2-9,14-17,19-20H2,1H3,(H2,34,42)(H,35,43)(H,36,44)(H,48,49,50)/t24-,26+,27-/m0/s1. The second-order valence-electron chi connectivity index (χ2n) is 14.2. The van der Waals surface area contributed by atoms with Gasteiger partial charge in [0, 0.05) is 31.0 Å². The van der Waals surface area contributed by atoms with E-state index in [2.05, 4.69) is 20.9 Å². The van der Waals surface area contributed by atoms with Gasteiger partial charge in [0.2, 0.25) is 17.6 Å². The molecule has 2 heterocycles. The van der Waals surface area contributed by atoms with Crippen LogP contribution in [0.4, 0.5) is 0 Å². The quantitative estimate of drug-likeness (QED) is 0.164. The van der Waals surface area contributed by atoms with Crippen LogP contribution in [0.15, 0.2) is 35.4 Å². The number of carbonyl (C=O) groups excluding carboxylic acids is 5. The van der Waals surface area contributed by atoms with Crippen LogP contribution in [0.1, 0.15) is 99.1 Å². The molecule has 3 aliphatic rings. The van der Waals surface area contributed by atoms with E-state index in [1.807, 2.05) is 0 Å². The lowest BCUT2D eigenvalue weighted by Gasteiger charge is -2.38. The van der Waals surface area contributed by atoms with Gasteiger partial charge < -0.3 is 21.3 Å². The van der Waals surface area contributed by atoms with Crippen LogP contribution in [-0.2, 0) is 44.9 Å². The zero-order chi connectivity index (χ0) is 37.8. The molecule has 284 valence electrons. The van der Waals surface area contributed by atoms with Crippen LogP contribution in [0.25, 0.3) is 0 Å². The lowest BCUT2D eigenvalue weighted by molar-refractivity contribution is -0.145. The topological polar surface area (TPSA) is 258 Å². The average molecular weight is 764 g/mol. The van der Waals surface area contributed by atoms with Gasteiger partial charge in [-0.15, -0.1) is 5.10 Å². The highest BCUT2D eigenvalue weighted by Crippen LogP contribution is 2.34. The number of hydrogen-bond donors (Lipinski definition) is 4. The molecule has 1 saturated heterocycles. The number of ketones is 1. The Balaban J connectivity index is 1.47. The van der Waals surface area contributed by atoms with Crippen molar-refractivity contribution in [3.63, 3.8) is 0 Å². The first-order valence-electron chi connectivity index (χ1n) is 17.4. The van der Waals surface area contributed by atoms with E-state index in [9.17, 15) is 45.4 Å². The van der Waals surface area contributed by atoms with Gasteiger partial charge in [-0.25, -0.2) is 13.1 Å². The normalized spacial score (nSPS) is 21.6. The van der Waals surface area contributed by atoms with Crippen molar-refractivity contribution in [3.8, 4) is 0 Å². The number of benzene rings is 1. The molecule has 5 N–H and O–H groups in total. The Morgan fingerprint density at radius 1 is 0.981 bits per heavy atom. The highest BCUT2D eigenvalue weighted by atomic mass is 32.2. The van der Waals surface area contributed by atoms with E-state index in [1.54, 1.807) is 0 Å². The highest BCUT2D eigenvalue weighted by Gasteiger charge is 2.48. The molecule has 3 fully saturated rings. The molecule has 2 aromatic rings. The van der Waals surface area contributed by atoms with E-state index in [0.717, 1.165) is 44.8 Å². The number of amides is 4. The van der Waals surface area contributed by atoms with Crippen molar-refractivity contribution in [2.45, 2.75) is 111 Å². The number of Topliss-reactive ketones (excluding diaryl/α,β-unsaturated/α-hetero) is 1. The molecule has 1 aromatic carbocycles. The molecule has 0 bridgehead atoms. The summed E-state index contributed by atoms with van der Waals surface area (Å²) in [6.45, 7) is -0.109. The van der Waals surface area contributed by atoms with Gasteiger partial charge in [0.25, 0.3) is 21.9 Å². The molecule has 19 heteroatoms. The third-order valence-electron chi connectivity index (χ3n) is 10.3. The van der Waals surface area contributed by atoms with Gasteiger partial charge in [-0.1, -0.05) is 56.6 Å². The second-order valence-corrected chi connectivity index (χ2v) is 17.7. The van der Waals surface area contributed by atoms with Gasteiger partial charge in [-0.3, -0.25) is 28.5 Å². The summed E-state index contributed by atoms with van der Waals surface area (Å²) in [7, 11) is -7.95. The number of rotatable bonds is 13. The zero-order valence-corrected chi connectivity index (χ0v) is 30.5. The second kappa shape index (κ2) is 15.8. The molecule has 52 heavy (non-hydrogen) atoms. The minimum atomic E-state index is -4.43. The lowest BCUT2D eigenvalue weighted by atomic mass is 9.78.